The predicted octanol–water partition coefficient (Wildman–Crippen LogP) is 11.3. The smallest absolute Gasteiger partial charge is 0.408 e. The summed E-state index contributed by atoms with van der Waals surface area (Å²) in [6, 6.07) is 8.28. The molecule has 6 fully saturated rings. The second-order valence-electron chi connectivity index (χ2n) is 19.7. The molecule has 7 aliphatic rings. The first-order valence-electron chi connectivity index (χ1n) is 22.0. The lowest BCUT2D eigenvalue weighted by Gasteiger charge is -2.58. The molecule has 3 aliphatic heterocycles. The SMILES string of the molecule is C=C[C@H]1CN2CC[C@H]1C[C@H]2[C@H](OC(=O)NC1CC[C@@]2(C)C(=CCC3C2CC[C@@]2(C)C3CC[C@@H]2[C@H](C)CCCC(C)C)C1)c1ccnc2ccc(OC)cc12. The molecule has 9 rings (SSSR count). The molecule has 3 saturated heterocycles. The van der Waals surface area contributed by atoms with Crippen LogP contribution in [0.25, 0.3) is 10.9 Å². The van der Waals surface area contributed by atoms with Gasteiger partial charge >= 0.3 is 6.09 Å². The molecule has 54 heavy (non-hydrogen) atoms. The first kappa shape index (κ1) is 38.0. The summed E-state index contributed by atoms with van der Waals surface area (Å²) in [6.45, 7) is 18.8. The van der Waals surface area contributed by atoms with Gasteiger partial charge in [-0.15, -0.1) is 6.58 Å². The number of amides is 1. The Bertz CT molecular complexity index is 1720. The molecule has 4 aliphatic carbocycles. The van der Waals surface area contributed by atoms with Crippen LogP contribution in [0.5, 0.6) is 5.75 Å². The van der Waals surface area contributed by atoms with Gasteiger partial charge in [-0.25, -0.2) is 4.79 Å². The number of hydrogen-bond donors (Lipinski definition) is 1. The first-order chi connectivity index (χ1) is 26.0. The van der Waals surface area contributed by atoms with Crippen LogP contribution in [0.4, 0.5) is 4.79 Å². The Morgan fingerprint density at radius 1 is 1.07 bits per heavy atom. The summed E-state index contributed by atoms with van der Waals surface area (Å²) in [5.41, 5.74) is 4.27. The van der Waals surface area contributed by atoms with E-state index in [1.54, 1.807) is 12.7 Å². The van der Waals surface area contributed by atoms with E-state index >= 15 is 0 Å². The van der Waals surface area contributed by atoms with Crippen molar-refractivity contribution in [2.45, 2.75) is 136 Å². The highest BCUT2D eigenvalue weighted by Crippen LogP contribution is 2.67. The first-order valence-corrected chi connectivity index (χ1v) is 22.0. The molecule has 1 N–H and O–H groups in total. The lowest BCUT2D eigenvalue weighted by atomic mass is 9.47. The zero-order valence-electron chi connectivity index (χ0n) is 34.3. The number of carbonyl (C=O) groups excluding carboxylic acids is 1. The Balaban J connectivity index is 0.966. The third kappa shape index (κ3) is 6.83. The van der Waals surface area contributed by atoms with Crippen molar-refractivity contribution < 1.29 is 14.3 Å². The zero-order chi connectivity index (χ0) is 37.8. The number of fused-ring (bicyclic) bond motifs is 9. The lowest BCUT2D eigenvalue weighted by molar-refractivity contribution is -0.0545. The van der Waals surface area contributed by atoms with E-state index in [1.807, 2.05) is 24.4 Å². The Morgan fingerprint density at radius 3 is 2.69 bits per heavy atom. The van der Waals surface area contributed by atoms with Gasteiger partial charge in [0, 0.05) is 29.7 Å². The van der Waals surface area contributed by atoms with E-state index < -0.39 is 6.10 Å². The van der Waals surface area contributed by atoms with E-state index in [-0.39, 0.29) is 23.6 Å². The van der Waals surface area contributed by atoms with Gasteiger partial charge in [0.2, 0.25) is 0 Å². The number of pyridine rings is 1. The number of allylic oxidation sites excluding steroid dienone is 1. The highest BCUT2D eigenvalue weighted by Gasteiger charge is 2.59. The van der Waals surface area contributed by atoms with Crippen LogP contribution in [-0.4, -0.2) is 48.3 Å². The van der Waals surface area contributed by atoms with Crippen molar-refractivity contribution >= 4 is 17.0 Å². The number of nitrogens with one attached hydrogen (secondary N) is 1. The van der Waals surface area contributed by atoms with Crippen molar-refractivity contribution in [3.8, 4) is 5.75 Å². The van der Waals surface area contributed by atoms with Crippen molar-refractivity contribution in [2.24, 2.45) is 58.2 Å². The van der Waals surface area contributed by atoms with Gasteiger partial charge in [0.1, 0.15) is 11.9 Å². The number of rotatable bonds is 11. The Labute approximate surface area is 326 Å². The van der Waals surface area contributed by atoms with Crippen LogP contribution in [-0.2, 0) is 4.74 Å². The molecule has 0 radical (unpaired) electrons. The summed E-state index contributed by atoms with van der Waals surface area (Å²) in [7, 11) is 1.70. The third-order valence-corrected chi connectivity index (χ3v) is 16.7. The molecule has 6 heteroatoms. The summed E-state index contributed by atoms with van der Waals surface area (Å²) in [5.74, 6) is 6.85. The molecule has 3 saturated carbocycles. The molecule has 294 valence electrons. The van der Waals surface area contributed by atoms with Gasteiger partial charge in [-0.2, -0.15) is 0 Å². The maximum Gasteiger partial charge on any atom is 0.408 e. The quantitative estimate of drug-likeness (QED) is 0.233. The van der Waals surface area contributed by atoms with Crippen molar-refractivity contribution in [3.05, 3.63) is 60.3 Å². The minimum absolute atomic E-state index is 0.105. The molecule has 1 amide bonds. The number of benzene rings is 1. The minimum atomic E-state index is -0.399. The van der Waals surface area contributed by atoms with Crippen LogP contribution in [0.1, 0.15) is 130 Å². The number of ether oxygens (including phenoxy) is 2. The van der Waals surface area contributed by atoms with Crippen LogP contribution in [0.3, 0.4) is 0 Å². The summed E-state index contributed by atoms with van der Waals surface area (Å²) < 4.78 is 12.3. The molecular formula is C48H69N3O3. The van der Waals surface area contributed by atoms with Crippen molar-refractivity contribution in [2.75, 3.05) is 20.2 Å². The topological polar surface area (TPSA) is 63.7 Å². The fourth-order valence-corrected chi connectivity index (χ4v) is 13.7. The van der Waals surface area contributed by atoms with Crippen LogP contribution in [0.15, 0.2) is 54.8 Å². The van der Waals surface area contributed by atoms with Gasteiger partial charge in [0.15, 0.2) is 0 Å². The number of methoxy groups -OCH3 is 1. The Kier molecular flexibility index (Phi) is 10.7. The summed E-state index contributed by atoms with van der Waals surface area (Å²) in [4.78, 5) is 21.3. The molecule has 4 heterocycles. The van der Waals surface area contributed by atoms with E-state index in [0.717, 1.165) is 96.5 Å². The fourth-order valence-electron chi connectivity index (χ4n) is 13.7. The van der Waals surface area contributed by atoms with E-state index in [0.29, 0.717) is 17.3 Å². The summed E-state index contributed by atoms with van der Waals surface area (Å²) in [5, 5.41) is 4.41. The van der Waals surface area contributed by atoms with Crippen molar-refractivity contribution in [3.63, 3.8) is 0 Å². The molecule has 5 unspecified atom stereocenters. The van der Waals surface area contributed by atoms with Gasteiger partial charge in [0.25, 0.3) is 0 Å². The average molecular weight is 736 g/mol. The monoisotopic (exact) mass is 736 g/mol. The van der Waals surface area contributed by atoms with Gasteiger partial charge in [-0.1, -0.05) is 71.6 Å². The predicted molar refractivity (Wildman–Crippen MR) is 219 cm³/mol. The number of nitrogens with zero attached hydrogens (tertiary/aromatic N) is 2. The van der Waals surface area contributed by atoms with Crippen molar-refractivity contribution in [1.82, 2.24) is 15.2 Å². The van der Waals surface area contributed by atoms with Crippen LogP contribution in [0, 0.1) is 58.2 Å². The molecule has 6 nitrogen and oxygen atoms in total. The summed E-state index contributed by atoms with van der Waals surface area (Å²) >= 11 is 0. The summed E-state index contributed by atoms with van der Waals surface area (Å²) in [6.07, 6.45) is 22.3. The van der Waals surface area contributed by atoms with E-state index in [4.69, 9.17) is 9.47 Å². The van der Waals surface area contributed by atoms with Gasteiger partial charge in [-0.05, 0) is 153 Å². The van der Waals surface area contributed by atoms with E-state index in [1.165, 1.54) is 57.8 Å². The molecule has 13 atom stereocenters. The third-order valence-electron chi connectivity index (χ3n) is 16.7. The van der Waals surface area contributed by atoms with Crippen LogP contribution >= 0.6 is 0 Å². The van der Waals surface area contributed by atoms with Gasteiger partial charge in [0.05, 0.1) is 18.7 Å². The number of piperidine rings is 3. The molecule has 0 spiro atoms. The van der Waals surface area contributed by atoms with Gasteiger partial charge in [-0.3, -0.25) is 9.88 Å². The Morgan fingerprint density at radius 2 is 1.93 bits per heavy atom. The second kappa shape index (κ2) is 15.2. The van der Waals surface area contributed by atoms with E-state index in [9.17, 15) is 4.79 Å². The number of carbonyl (C=O) groups is 1. The fraction of sp³-hybridized carbons (Fsp3) is 0.708. The molecule has 1 aromatic carbocycles. The standard InChI is InChI=1S/C48H69N3O3/c1-8-32-29-51-25-21-33(32)26-44(51)45(37-20-24-49-43-17-13-36(53-7)28-39(37)43)54-46(52)50-35-18-22-47(5)34(27-35)12-14-38-41-16-15-40(31(4)11-9-10-30(2)3)48(41,6)23-19-42(38)47/h8,12-13,17,20,24,28,30-33,35,38,40-42,44-45H,1,9-11,14-16,18-19,21-23,25-27,29H2,2-7H3,(H,50,52)/t31-,32+,33+,35?,38?,40-,41?,42?,44+,45-,47+,48-/m1/s1. The van der Waals surface area contributed by atoms with Crippen molar-refractivity contribution in [1.29, 1.82) is 0 Å². The second-order valence-corrected chi connectivity index (χ2v) is 19.7. The van der Waals surface area contributed by atoms with Gasteiger partial charge < -0.3 is 14.8 Å². The maximum atomic E-state index is 14.1. The molecule has 1 aromatic heterocycles. The normalized spacial score (nSPS) is 38.1. The zero-order valence-corrected chi connectivity index (χ0v) is 34.3. The number of aromatic nitrogens is 1. The molecular weight excluding hydrogens is 667 g/mol. The molecule has 2 bridgehead atoms. The Hall–Kier alpha value is -2.86. The van der Waals surface area contributed by atoms with E-state index in [2.05, 4.69) is 74.6 Å². The average Bonchev–Trinajstić information content (AvgIpc) is 3.54. The van der Waals surface area contributed by atoms with Crippen LogP contribution < -0.4 is 10.1 Å². The highest BCUT2D eigenvalue weighted by molar-refractivity contribution is 5.84. The number of hydrogen-bond acceptors (Lipinski definition) is 5. The lowest BCUT2D eigenvalue weighted by Crippen LogP contribution is -2.56. The largest absolute Gasteiger partial charge is 0.497 e. The molecule has 2 aromatic rings. The minimum Gasteiger partial charge on any atom is -0.497 e. The van der Waals surface area contributed by atoms with Crippen LogP contribution in [0.2, 0.25) is 0 Å². The maximum absolute atomic E-state index is 14.1. The number of alkyl carbamates (subject to hydrolysis) is 1. The highest BCUT2D eigenvalue weighted by atomic mass is 16.6.